The number of nitrogens with zero attached hydrogens (tertiary/aromatic N) is 2. The Morgan fingerprint density at radius 2 is 1.96 bits per heavy atom. The minimum Gasteiger partial charge on any atom is -0.487 e. The average molecular weight is 372 g/mol. The van der Waals surface area contributed by atoms with Crippen LogP contribution in [-0.2, 0) is 13.2 Å². The number of aromatic nitrogens is 3. The predicted octanol–water partition coefficient (Wildman–Crippen LogP) is 3.78. The first-order valence-corrected chi connectivity index (χ1v) is 9.03. The van der Waals surface area contributed by atoms with Crippen LogP contribution in [0.1, 0.15) is 27.3 Å². The van der Waals surface area contributed by atoms with E-state index in [9.17, 15) is 4.79 Å². The van der Waals surface area contributed by atoms with E-state index in [2.05, 4.69) is 20.5 Å². The van der Waals surface area contributed by atoms with E-state index in [0.29, 0.717) is 18.8 Å². The average Bonchev–Trinajstić information content (AvgIpc) is 3.15. The van der Waals surface area contributed by atoms with Gasteiger partial charge in [-0.2, -0.15) is 5.10 Å². The number of ether oxygens (including phenoxy) is 1. The molecule has 2 N–H and O–H groups in total. The minimum atomic E-state index is -0.202. The van der Waals surface area contributed by atoms with Crippen molar-refractivity contribution in [3.05, 3.63) is 89.4 Å². The molecule has 0 atom stereocenters. The molecule has 0 aliphatic heterocycles. The number of pyridine rings is 1. The highest BCUT2D eigenvalue weighted by atomic mass is 16.5. The number of nitrogens with one attached hydrogen (secondary N) is 2. The Morgan fingerprint density at radius 1 is 1.11 bits per heavy atom. The molecular formula is C22H20N4O2. The molecule has 0 aliphatic rings. The van der Waals surface area contributed by atoms with Crippen LogP contribution in [0.3, 0.4) is 0 Å². The molecular weight excluding hydrogens is 352 g/mol. The minimum absolute atomic E-state index is 0.202. The topological polar surface area (TPSA) is 79.9 Å². The highest BCUT2D eigenvalue weighted by Gasteiger charge is 2.13. The number of amides is 1. The van der Waals surface area contributed by atoms with Gasteiger partial charge in [0.25, 0.3) is 5.91 Å². The van der Waals surface area contributed by atoms with Crippen molar-refractivity contribution in [3.8, 4) is 5.75 Å². The molecule has 6 heteroatoms. The molecule has 0 unspecified atom stereocenters. The van der Waals surface area contributed by atoms with Gasteiger partial charge in [0.2, 0.25) is 0 Å². The van der Waals surface area contributed by atoms with Gasteiger partial charge in [0.1, 0.15) is 12.4 Å². The maximum Gasteiger partial charge on any atom is 0.272 e. The molecule has 0 aliphatic carbocycles. The zero-order chi connectivity index (χ0) is 19.3. The first-order chi connectivity index (χ1) is 13.7. The van der Waals surface area contributed by atoms with Crippen molar-refractivity contribution in [3.63, 3.8) is 0 Å². The van der Waals surface area contributed by atoms with E-state index in [1.165, 1.54) is 0 Å². The molecule has 6 nitrogen and oxygen atoms in total. The van der Waals surface area contributed by atoms with Crippen LogP contribution in [-0.4, -0.2) is 21.1 Å². The summed E-state index contributed by atoms with van der Waals surface area (Å²) >= 11 is 0. The lowest BCUT2D eigenvalue weighted by Gasteiger charge is -2.08. The van der Waals surface area contributed by atoms with Gasteiger partial charge in [-0.05, 0) is 48.9 Å². The van der Waals surface area contributed by atoms with E-state index in [4.69, 9.17) is 4.74 Å². The Morgan fingerprint density at radius 3 is 2.75 bits per heavy atom. The second kappa shape index (κ2) is 7.92. The number of carbonyl (C=O) groups is 1. The Bertz CT molecular complexity index is 1090. The maximum absolute atomic E-state index is 12.5. The second-order valence-corrected chi connectivity index (χ2v) is 6.56. The smallest absolute Gasteiger partial charge is 0.272 e. The lowest BCUT2D eigenvalue weighted by molar-refractivity contribution is 0.0947. The summed E-state index contributed by atoms with van der Waals surface area (Å²) in [5.74, 6) is 0.557. The zero-order valence-electron chi connectivity index (χ0n) is 15.5. The lowest BCUT2D eigenvalue weighted by Crippen LogP contribution is -2.23. The number of H-pyrrole nitrogens is 1. The van der Waals surface area contributed by atoms with Crippen molar-refractivity contribution in [2.75, 3.05) is 0 Å². The van der Waals surface area contributed by atoms with E-state index in [1.54, 1.807) is 6.20 Å². The maximum atomic E-state index is 12.5. The Kier molecular flexibility index (Phi) is 5.01. The van der Waals surface area contributed by atoms with Gasteiger partial charge in [0, 0.05) is 18.1 Å². The van der Waals surface area contributed by atoms with E-state index in [1.807, 2.05) is 67.6 Å². The quantitative estimate of drug-likeness (QED) is 0.540. The largest absolute Gasteiger partial charge is 0.487 e. The number of rotatable bonds is 6. The van der Waals surface area contributed by atoms with Gasteiger partial charge in [-0.1, -0.05) is 29.8 Å². The molecule has 2 aromatic heterocycles. The monoisotopic (exact) mass is 372 g/mol. The summed E-state index contributed by atoms with van der Waals surface area (Å²) in [4.78, 5) is 16.7. The van der Waals surface area contributed by atoms with Crippen LogP contribution in [0.4, 0.5) is 0 Å². The fourth-order valence-corrected chi connectivity index (χ4v) is 2.91. The molecule has 0 saturated heterocycles. The summed E-state index contributed by atoms with van der Waals surface area (Å²) in [5, 5.41) is 10.8. The van der Waals surface area contributed by atoms with Crippen molar-refractivity contribution >= 4 is 16.8 Å². The molecule has 0 radical (unpaired) electrons. The SMILES string of the molecule is Cc1ccc2[nH]nc(C(=O)NCc3ccc(OCc4ccccn4)cc3)c2c1. The van der Waals surface area contributed by atoms with E-state index in [-0.39, 0.29) is 5.91 Å². The molecule has 1 amide bonds. The molecule has 0 bridgehead atoms. The molecule has 2 heterocycles. The summed E-state index contributed by atoms with van der Waals surface area (Å²) in [5.41, 5.74) is 4.21. The molecule has 140 valence electrons. The highest BCUT2D eigenvalue weighted by Crippen LogP contribution is 2.18. The van der Waals surface area contributed by atoms with Gasteiger partial charge in [0.15, 0.2) is 5.69 Å². The summed E-state index contributed by atoms with van der Waals surface area (Å²) in [6.45, 7) is 2.83. The van der Waals surface area contributed by atoms with Crippen molar-refractivity contribution < 1.29 is 9.53 Å². The number of fused-ring (bicyclic) bond motifs is 1. The number of aryl methyl sites for hydroxylation is 1. The van der Waals surface area contributed by atoms with Crippen molar-refractivity contribution in [2.45, 2.75) is 20.1 Å². The first kappa shape index (κ1) is 17.7. The summed E-state index contributed by atoms with van der Waals surface area (Å²) in [6, 6.07) is 19.2. The second-order valence-electron chi connectivity index (χ2n) is 6.56. The fraction of sp³-hybridized carbons (Fsp3) is 0.136. The van der Waals surface area contributed by atoms with Crippen LogP contribution in [0, 0.1) is 6.92 Å². The standard InChI is InChI=1S/C22H20N4O2/c1-15-5-10-20-19(12-15)21(26-25-20)22(27)24-13-16-6-8-18(9-7-16)28-14-17-4-2-3-11-23-17/h2-12H,13-14H2,1H3,(H,24,27)(H,25,26). The number of benzene rings is 2. The molecule has 4 aromatic rings. The molecule has 0 saturated carbocycles. The lowest BCUT2D eigenvalue weighted by atomic mass is 10.1. The van der Waals surface area contributed by atoms with Gasteiger partial charge in [-0.25, -0.2) is 0 Å². The van der Waals surface area contributed by atoms with Crippen LogP contribution >= 0.6 is 0 Å². The number of aromatic amines is 1. The van der Waals surface area contributed by atoms with E-state index in [0.717, 1.165) is 33.5 Å². The van der Waals surface area contributed by atoms with Crippen LogP contribution in [0.5, 0.6) is 5.75 Å². The van der Waals surface area contributed by atoms with E-state index < -0.39 is 0 Å². The van der Waals surface area contributed by atoms with Gasteiger partial charge in [-0.15, -0.1) is 0 Å². The van der Waals surface area contributed by atoms with Gasteiger partial charge < -0.3 is 10.1 Å². The van der Waals surface area contributed by atoms with Gasteiger partial charge >= 0.3 is 0 Å². The molecule has 2 aromatic carbocycles. The van der Waals surface area contributed by atoms with E-state index >= 15 is 0 Å². The summed E-state index contributed by atoms with van der Waals surface area (Å²) < 4.78 is 5.73. The molecule has 4 rings (SSSR count). The van der Waals surface area contributed by atoms with Gasteiger partial charge in [0.05, 0.1) is 11.2 Å². The van der Waals surface area contributed by atoms with Crippen molar-refractivity contribution in [1.29, 1.82) is 0 Å². The summed E-state index contributed by atoms with van der Waals surface area (Å²) in [7, 11) is 0. The fourth-order valence-electron chi connectivity index (χ4n) is 2.91. The molecule has 0 spiro atoms. The zero-order valence-corrected chi connectivity index (χ0v) is 15.5. The Balaban J connectivity index is 1.35. The van der Waals surface area contributed by atoms with Crippen LogP contribution < -0.4 is 10.1 Å². The van der Waals surface area contributed by atoms with Crippen molar-refractivity contribution in [1.82, 2.24) is 20.5 Å². The molecule has 28 heavy (non-hydrogen) atoms. The van der Waals surface area contributed by atoms with Crippen LogP contribution in [0.25, 0.3) is 10.9 Å². The normalized spacial score (nSPS) is 10.8. The third kappa shape index (κ3) is 4.01. The summed E-state index contributed by atoms with van der Waals surface area (Å²) in [6.07, 6.45) is 1.74. The van der Waals surface area contributed by atoms with Gasteiger partial charge in [-0.3, -0.25) is 14.9 Å². The third-order valence-corrected chi connectivity index (χ3v) is 4.42. The number of hydrogen-bond acceptors (Lipinski definition) is 4. The third-order valence-electron chi connectivity index (χ3n) is 4.42. The van der Waals surface area contributed by atoms with Crippen molar-refractivity contribution in [2.24, 2.45) is 0 Å². The highest BCUT2D eigenvalue weighted by molar-refractivity contribution is 6.04. The first-order valence-electron chi connectivity index (χ1n) is 9.03. The molecule has 0 fully saturated rings. The van der Waals surface area contributed by atoms with Crippen LogP contribution in [0.15, 0.2) is 66.9 Å². The number of carbonyl (C=O) groups excluding carboxylic acids is 1. The Labute approximate surface area is 162 Å². The van der Waals surface area contributed by atoms with Crippen LogP contribution in [0.2, 0.25) is 0 Å². The Hall–Kier alpha value is -3.67. The predicted molar refractivity (Wildman–Crippen MR) is 107 cm³/mol. The number of hydrogen-bond donors (Lipinski definition) is 2.